The molecule has 236 valence electrons. The molecule has 2 heterocycles. The van der Waals surface area contributed by atoms with Gasteiger partial charge in [-0.1, -0.05) is 44.6 Å². The fraction of sp³-hybridized carbons (Fsp3) is 0.722. The fourth-order valence-corrected chi connectivity index (χ4v) is 10.8. The van der Waals surface area contributed by atoms with Crippen molar-refractivity contribution in [1.29, 1.82) is 0 Å². The molecule has 7 heteroatoms. The Labute approximate surface area is 269 Å². The molecule has 6 nitrogen and oxygen atoms in total. The zero-order chi connectivity index (χ0) is 29.2. The van der Waals surface area contributed by atoms with Crippen LogP contribution in [0.5, 0.6) is 5.75 Å². The minimum absolute atomic E-state index is 0. The zero-order valence-electron chi connectivity index (χ0n) is 26.8. The normalized spacial score (nSPS) is 40.4. The van der Waals surface area contributed by atoms with Crippen LogP contribution >= 0.6 is 0 Å². The molecule has 1 aromatic carbocycles. The molecule has 7 rings (SSSR count). The lowest BCUT2D eigenvalue weighted by molar-refractivity contribution is -0.747. The molecule has 4 fully saturated rings. The lowest BCUT2D eigenvalue weighted by Crippen LogP contribution is -3.00. The van der Waals surface area contributed by atoms with Crippen LogP contribution in [-0.2, 0) is 11.3 Å². The Morgan fingerprint density at radius 2 is 1.95 bits per heavy atom. The monoisotopic (exact) mass is 653 g/mol. The van der Waals surface area contributed by atoms with E-state index in [0.717, 1.165) is 55.7 Å². The van der Waals surface area contributed by atoms with E-state index in [9.17, 15) is 5.11 Å². The summed E-state index contributed by atoms with van der Waals surface area (Å²) in [5.41, 5.74) is 3.50. The first-order chi connectivity index (χ1) is 20.2. The van der Waals surface area contributed by atoms with E-state index in [0.29, 0.717) is 40.9 Å². The van der Waals surface area contributed by atoms with Gasteiger partial charge in [-0.3, -0.25) is 0 Å². The van der Waals surface area contributed by atoms with Crippen molar-refractivity contribution in [1.82, 2.24) is 9.90 Å². The van der Waals surface area contributed by atoms with Gasteiger partial charge in [0.2, 0.25) is 0 Å². The van der Waals surface area contributed by atoms with Gasteiger partial charge >= 0.3 is 0 Å². The zero-order valence-corrected chi connectivity index (χ0v) is 28.4. The molecule has 2 aromatic rings. The standard InChI is InChI=1S/C36H52N3O3.BrH/c1-23(39-19-18-38(37-39)22-25-7-10-28(41-5)11-8-25)6-13-32-24(2)34-33(42-32)21-31-29-12-9-26-20-27(40)14-16-35(26,3)30(29)15-17-36(31,34)4;/h7-11,18-19,23-24,27,29-34,40H,6,12-17,20-22H2,1-5H3;1H/q+1;/p-1/t23-,24-,27?,29-,30+,31+,32-,33?,34?,35+,36+;/m1./s1. The molecule has 1 N–H and O–H groups in total. The summed E-state index contributed by atoms with van der Waals surface area (Å²) in [7, 11) is 1.70. The summed E-state index contributed by atoms with van der Waals surface area (Å²) in [4.78, 5) is 0. The number of benzene rings is 1. The topological polar surface area (TPSA) is 60.4 Å². The molecule has 0 bridgehead atoms. The van der Waals surface area contributed by atoms with Gasteiger partial charge in [0.25, 0.3) is 0 Å². The van der Waals surface area contributed by atoms with Gasteiger partial charge < -0.3 is 31.6 Å². The predicted molar refractivity (Wildman–Crippen MR) is 163 cm³/mol. The Morgan fingerprint density at radius 3 is 2.72 bits per heavy atom. The van der Waals surface area contributed by atoms with E-state index in [1.807, 2.05) is 16.8 Å². The number of aliphatic hydroxyl groups is 1. The summed E-state index contributed by atoms with van der Waals surface area (Å²) in [5.74, 6) is 4.54. The molecule has 0 radical (unpaired) electrons. The minimum Gasteiger partial charge on any atom is -1.00 e. The van der Waals surface area contributed by atoms with Crippen molar-refractivity contribution in [2.45, 2.75) is 116 Å². The van der Waals surface area contributed by atoms with Crippen LogP contribution in [0.4, 0.5) is 0 Å². The van der Waals surface area contributed by atoms with Crippen molar-refractivity contribution in [3.63, 3.8) is 0 Å². The Morgan fingerprint density at radius 1 is 1.16 bits per heavy atom. The molecule has 1 aromatic heterocycles. The molecular weight excluding hydrogens is 602 g/mol. The summed E-state index contributed by atoms with van der Waals surface area (Å²) in [5, 5.41) is 15.2. The van der Waals surface area contributed by atoms with Crippen molar-refractivity contribution in [3.05, 3.63) is 53.9 Å². The van der Waals surface area contributed by atoms with Crippen LogP contribution in [-0.4, -0.2) is 40.4 Å². The van der Waals surface area contributed by atoms with Gasteiger partial charge in [-0.2, -0.15) is 0 Å². The third-order valence-corrected chi connectivity index (χ3v) is 13.1. The highest BCUT2D eigenvalue weighted by Crippen LogP contribution is 2.69. The number of allylic oxidation sites excluding steroid dienone is 1. The van der Waals surface area contributed by atoms with Crippen LogP contribution in [0, 0.1) is 40.4 Å². The van der Waals surface area contributed by atoms with E-state index < -0.39 is 0 Å². The maximum atomic E-state index is 10.4. The second-order valence-corrected chi connectivity index (χ2v) is 15.2. The number of aromatic nitrogens is 3. The van der Waals surface area contributed by atoms with Crippen molar-refractivity contribution in [2.24, 2.45) is 40.4 Å². The average Bonchev–Trinajstić information content (AvgIpc) is 3.66. The highest BCUT2D eigenvalue weighted by atomic mass is 79.9. The molecule has 0 spiro atoms. The largest absolute Gasteiger partial charge is 1.00 e. The molecular formula is C36H52BrN3O3. The van der Waals surface area contributed by atoms with Crippen LogP contribution < -0.4 is 26.4 Å². The highest BCUT2D eigenvalue weighted by Gasteiger charge is 2.64. The van der Waals surface area contributed by atoms with Gasteiger partial charge in [0.1, 0.15) is 18.3 Å². The van der Waals surface area contributed by atoms with E-state index in [4.69, 9.17) is 14.7 Å². The molecule has 3 unspecified atom stereocenters. The minimum atomic E-state index is -0.122. The van der Waals surface area contributed by atoms with Crippen LogP contribution in [0.2, 0.25) is 0 Å². The first-order valence-electron chi connectivity index (χ1n) is 16.8. The molecule has 5 aliphatic rings. The Kier molecular flexibility index (Phi) is 8.66. The number of hydrogen-bond acceptors (Lipinski definition) is 4. The van der Waals surface area contributed by atoms with Crippen LogP contribution in [0.15, 0.2) is 48.3 Å². The first-order valence-corrected chi connectivity index (χ1v) is 16.8. The summed E-state index contributed by atoms with van der Waals surface area (Å²) < 4.78 is 16.4. The Hall–Kier alpha value is -1.70. The first kappa shape index (κ1) is 31.3. The van der Waals surface area contributed by atoms with E-state index in [1.54, 1.807) is 12.7 Å². The van der Waals surface area contributed by atoms with Gasteiger partial charge in [0.15, 0.2) is 12.4 Å². The number of aliphatic hydroxyl groups excluding tert-OH is 1. The quantitative estimate of drug-likeness (QED) is 0.367. The SMILES string of the molecule is COc1ccc(C[n+]2ccn([C@H](C)CC[C@H]3OC4C[C@H]5[C@@H]6CC=C7CC(O)CC[C@]7(C)[C@H]6CC[C@]5(C)C4[C@@H]3C)n2)cc1.[Br-]. The number of hydrogen-bond donors (Lipinski definition) is 1. The molecule has 4 aliphatic carbocycles. The molecule has 43 heavy (non-hydrogen) atoms. The maximum Gasteiger partial charge on any atom is 0.155 e. The average molecular weight is 655 g/mol. The summed E-state index contributed by atoms with van der Waals surface area (Å²) >= 11 is 0. The van der Waals surface area contributed by atoms with E-state index in [2.05, 4.69) is 63.0 Å². The highest BCUT2D eigenvalue weighted by molar-refractivity contribution is 5.27. The van der Waals surface area contributed by atoms with Crippen molar-refractivity contribution >= 4 is 0 Å². The molecule has 3 saturated carbocycles. The maximum absolute atomic E-state index is 10.4. The van der Waals surface area contributed by atoms with Gasteiger partial charge in [-0.25, -0.2) is 0 Å². The van der Waals surface area contributed by atoms with Gasteiger partial charge in [-0.05, 0) is 123 Å². The van der Waals surface area contributed by atoms with E-state index in [1.165, 1.54) is 37.7 Å². The van der Waals surface area contributed by atoms with Gasteiger partial charge in [0.05, 0.1) is 30.6 Å². The van der Waals surface area contributed by atoms with Crippen LogP contribution in [0.3, 0.4) is 0 Å². The van der Waals surface area contributed by atoms with E-state index >= 15 is 0 Å². The number of fused-ring (bicyclic) bond motifs is 7. The van der Waals surface area contributed by atoms with Crippen molar-refractivity contribution in [3.8, 4) is 5.75 Å². The third-order valence-electron chi connectivity index (χ3n) is 13.1. The van der Waals surface area contributed by atoms with Gasteiger partial charge in [0, 0.05) is 0 Å². The lowest BCUT2D eigenvalue weighted by atomic mass is 9.47. The molecule has 1 aliphatic heterocycles. The third kappa shape index (κ3) is 5.33. The summed E-state index contributed by atoms with van der Waals surface area (Å²) in [6.45, 7) is 10.7. The predicted octanol–water partition coefficient (Wildman–Crippen LogP) is 3.53. The van der Waals surface area contributed by atoms with Crippen LogP contribution in [0.25, 0.3) is 0 Å². The van der Waals surface area contributed by atoms with Crippen LogP contribution in [0.1, 0.15) is 97.1 Å². The smallest absolute Gasteiger partial charge is 0.155 e. The number of rotatable bonds is 7. The summed E-state index contributed by atoms with van der Waals surface area (Å²) in [6.07, 6.45) is 17.9. The van der Waals surface area contributed by atoms with Crippen molar-refractivity contribution in [2.75, 3.05) is 7.11 Å². The van der Waals surface area contributed by atoms with E-state index in [-0.39, 0.29) is 23.1 Å². The number of halogens is 1. The Balaban J connectivity index is 0.00000329. The Bertz CT molecular complexity index is 1310. The summed E-state index contributed by atoms with van der Waals surface area (Å²) in [6, 6.07) is 8.56. The number of nitrogens with zero attached hydrogens (tertiary/aromatic N) is 3. The fourth-order valence-electron chi connectivity index (χ4n) is 10.8. The van der Waals surface area contributed by atoms with Crippen molar-refractivity contribution < 1.29 is 36.2 Å². The molecule has 0 amide bonds. The number of ether oxygens (including phenoxy) is 2. The van der Waals surface area contributed by atoms with Gasteiger partial charge in [-0.15, -0.1) is 9.36 Å². The second-order valence-electron chi connectivity index (χ2n) is 15.2. The lowest BCUT2D eigenvalue weighted by Gasteiger charge is -2.58. The molecule has 1 saturated heterocycles. The molecule has 11 atom stereocenters. The number of methoxy groups -OCH3 is 1. The second kappa shape index (κ2) is 11.9.